The number of urea groups is 1. The van der Waals surface area contributed by atoms with Crippen molar-refractivity contribution in [3.8, 4) is 5.75 Å². The van der Waals surface area contributed by atoms with Crippen molar-refractivity contribution in [2.24, 2.45) is 0 Å². The average molecular weight is 519 g/mol. The molecule has 0 spiro atoms. The van der Waals surface area contributed by atoms with Crippen LogP contribution in [0.25, 0.3) is 0 Å². The first kappa shape index (κ1) is 28.0. The Morgan fingerprint density at radius 3 is 2.55 bits per heavy atom. The smallest absolute Gasteiger partial charge is 0.323 e. The molecule has 1 aliphatic heterocycles. The predicted molar refractivity (Wildman–Crippen MR) is 148 cm³/mol. The fourth-order valence-corrected chi connectivity index (χ4v) is 3.90. The summed E-state index contributed by atoms with van der Waals surface area (Å²) in [5.41, 5.74) is 3.82. The number of allylic oxidation sites excluding steroid dienone is 2. The van der Waals surface area contributed by atoms with Gasteiger partial charge >= 0.3 is 12.0 Å². The molecule has 0 fully saturated rings. The van der Waals surface area contributed by atoms with Gasteiger partial charge < -0.3 is 30.7 Å². The minimum Gasteiger partial charge on any atom is -0.495 e. The number of hydrogen-bond acceptors (Lipinski definition) is 5. The average Bonchev–Trinajstić information content (AvgIpc) is 3.12. The Kier molecular flexibility index (Phi) is 10.1. The lowest BCUT2D eigenvalue weighted by Crippen LogP contribution is -2.34. The molecule has 1 aliphatic rings. The Labute approximate surface area is 222 Å². The zero-order valence-electron chi connectivity index (χ0n) is 21.9. The van der Waals surface area contributed by atoms with Crippen LogP contribution in [0.4, 0.5) is 16.2 Å². The number of nitrogens with one attached hydrogen (secondary N) is 3. The van der Waals surface area contributed by atoms with Crippen LogP contribution in [-0.4, -0.2) is 47.6 Å². The minimum absolute atomic E-state index is 0.118. The van der Waals surface area contributed by atoms with E-state index >= 15 is 0 Å². The molecule has 3 amide bonds. The second-order valence-electron chi connectivity index (χ2n) is 8.95. The number of benzene rings is 2. The Balaban J connectivity index is 1.54. The lowest BCUT2D eigenvalue weighted by atomic mass is 10.1. The van der Waals surface area contributed by atoms with E-state index in [0.29, 0.717) is 30.1 Å². The molecule has 200 valence electrons. The second-order valence-corrected chi connectivity index (χ2v) is 8.95. The summed E-state index contributed by atoms with van der Waals surface area (Å²) in [5, 5.41) is 17.4. The lowest BCUT2D eigenvalue weighted by Gasteiger charge is -2.17. The van der Waals surface area contributed by atoms with Crippen LogP contribution in [0.15, 0.2) is 78.7 Å². The van der Waals surface area contributed by atoms with Gasteiger partial charge in [-0.25, -0.2) is 4.79 Å². The molecule has 0 saturated carbocycles. The van der Waals surface area contributed by atoms with Crippen LogP contribution in [-0.2, 0) is 16.0 Å². The number of carbonyl (C=O) groups excluding carboxylic acids is 2. The largest absolute Gasteiger partial charge is 0.495 e. The summed E-state index contributed by atoms with van der Waals surface area (Å²) in [5.74, 6) is -0.515. The molecule has 2 aromatic rings. The molecular weight excluding hydrogens is 484 g/mol. The van der Waals surface area contributed by atoms with E-state index < -0.39 is 12.0 Å². The predicted octanol–water partition coefficient (Wildman–Crippen LogP) is 4.83. The standard InChI is InChI=1S/C29H34N4O5/c1-20-8-4-5-10-24(20)31-29(37)32-25-13-12-22(18-26(25)38-3)19-27(34)30-21(2)23-9-6-15-33(17-14-23)16-7-11-28(35)36/h4-6,8-10,12-15,17-18,21H,7,11,16,19H2,1-3H3,(H,30,34)(H,35,36)(H2,31,32,37). The lowest BCUT2D eigenvalue weighted by molar-refractivity contribution is -0.137. The van der Waals surface area contributed by atoms with Gasteiger partial charge in [-0.2, -0.15) is 0 Å². The van der Waals surface area contributed by atoms with Gasteiger partial charge in [0, 0.05) is 31.1 Å². The van der Waals surface area contributed by atoms with Crippen LogP contribution in [0, 0.1) is 6.92 Å². The Morgan fingerprint density at radius 2 is 1.82 bits per heavy atom. The number of rotatable bonds is 11. The highest BCUT2D eigenvalue weighted by Crippen LogP contribution is 2.26. The quantitative estimate of drug-likeness (QED) is 0.338. The summed E-state index contributed by atoms with van der Waals surface area (Å²) in [6.07, 6.45) is 10.3. The number of nitrogens with zero attached hydrogens (tertiary/aromatic N) is 1. The normalized spacial score (nSPS) is 13.2. The van der Waals surface area contributed by atoms with Gasteiger partial charge in [-0.05, 0) is 67.3 Å². The van der Waals surface area contributed by atoms with Gasteiger partial charge in [0.15, 0.2) is 0 Å². The third kappa shape index (κ3) is 8.55. The van der Waals surface area contributed by atoms with Crippen LogP contribution in [0.2, 0.25) is 0 Å². The third-order valence-electron chi connectivity index (χ3n) is 5.98. The van der Waals surface area contributed by atoms with E-state index in [0.717, 1.165) is 16.7 Å². The number of methoxy groups -OCH3 is 1. The van der Waals surface area contributed by atoms with Crippen molar-refractivity contribution in [1.29, 1.82) is 0 Å². The van der Waals surface area contributed by atoms with E-state index in [2.05, 4.69) is 16.0 Å². The number of aliphatic carboxylic acids is 1. The molecule has 0 bridgehead atoms. The molecule has 0 aliphatic carbocycles. The van der Waals surface area contributed by atoms with E-state index in [1.807, 2.05) is 73.6 Å². The monoisotopic (exact) mass is 518 g/mol. The van der Waals surface area contributed by atoms with Gasteiger partial charge in [0.2, 0.25) is 5.91 Å². The van der Waals surface area contributed by atoms with E-state index in [4.69, 9.17) is 9.84 Å². The van der Waals surface area contributed by atoms with Gasteiger partial charge in [-0.15, -0.1) is 0 Å². The van der Waals surface area contributed by atoms with Crippen LogP contribution in [0.1, 0.15) is 30.9 Å². The molecule has 2 aromatic carbocycles. The SMILES string of the molecule is COc1cc(CC(=O)NC(C)C2=CC=CN(CCCC(=O)O)C=C2)ccc1NC(=O)Nc1ccccc1C. The number of anilines is 2. The van der Waals surface area contributed by atoms with Crippen molar-refractivity contribution >= 4 is 29.3 Å². The molecule has 1 heterocycles. The van der Waals surface area contributed by atoms with Crippen molar-refractivity contribution in [2.75, 3.05) is 24.3 Å². The van der Waals surface area contributed by atoms with Crippen LogP contribution < -0.4 is 20.7 Å². The fourth-order valence-electron chi connectivity index (χ4n) is 3.90. The number of hydrogen-bond donors (Lipinski definition) is 4. The molecule has 1 atom stereocenters. The van der Waals surface area contributed by atoms with Crippen LogP contribution in [0.3, 0.4) is 0 Å². The number of amides is 3. The fraction of sp³-hybridized carbons (Fsp3) is 0.276. The number of carbonyl (C=O) groups is 3. The zero-order valence-corrected chi connectivity index (χ0v) is 21.9. The summed E-state index contributed by atoms with van der Waals surface area (Å²) in [6, 6.07) is 12.1. The molecule has 4 N–H and O–H groups in total. The summed E-state index contributed by atoms with van der Waals surface area (Å²) in [4.78, 5) is 37.9. The summed E-state index contributed by atoms with van der Waals surface area (Å²) in [7, 11) is 1.51. The molecule has 38 heavy (non-hydrogen) atoms. The summed E-state index contributed by atoms with van der Waals surface area (Å²) >= 11 is 0. The molecular formula is C29H34N4O5. The van der Waals surface area contributed by atoms with Crippen molar-refractivity contribution in [1.82, 2.24) is 10.2 Å². The van der Waals surface area contributed by atoms with Gasteiger partial charge in [0.1, 0.15) is 5.75 Å². The maximum atomic E-state index is 12.8. The zero-order chi connectivity index (χ0) is 27.5. The van der Waals surface area contributed by atoms with E-state index in [9.17, 15) is 14.4 Å². The number of ether oxygens (including phenoxy) is 1. The first-order valence-corrected chi connectivity index (χ1v) is 12.4. The maximum Gasteiger partial charge on any atom is 0.323 e. The van der Waals surface area contributed by atoms with Crippen LogP contribution >= 0.6 is 0 Å². The molecule has 9 heteroatoms. The first-order chi connectivity index (χ1) is 18.2. The van der Waals surface area contributed by atoms with Gasteiger partial charge in [-0.3, -0.25) is 9.59 Å². The molecule has 0 saturated heterocycles. The second kappa shape index (κ2) is 13.7. The Hall–Kier alpha value is -4.53. The van der Waals surface area contributed by atoms with Crippen molar-refractivity contribution < 1.29 is 24.2 Å². The molecule has 0 aromatic heterocycles. The number of para-hydroxylation sites is 1. The van der Waals surface area contributed by atoms with Gasteiger partial charge in [-0.1, -0.05) is 30.3 Å². The van der Waals surface area contributed by atoms with Crippen LogP contribution in [0.5, 0.6) is 5.75 Å². The maximum absolute atomic E-state index is 12.8. The summed E-state index contributed by atoms with van der Waals surface area (Å²) < 4.78 is 5.45. The summed E-state index contributed by atoms with van der Waals surface area (Å²) in [6.45, 7) is 4.42. The van der Waals surface area contributed by atoms with E-state index in [1.54, 1.807) is 18.2 Å². The van der Waals surface area contributed by atoms with Gasteiger partial charge in [0.05, 0.1) is 25.3 Å². The van der Waals surface area contributed by atoms with Gasteiger partial charge in [0.25, 0.3) is 0 Å². The number of carboxylic acid groups (broad SMARTS) is 1. The number of carboxylic acids is 1. The van der Waals surface area contributed by atoms with E-state index in [1.165, 1.54) is 7.11 Å². The molecule has 3 rings (SSSR count). The van der Waals surface area contributed by atoms with Crippen molar-refractivity contribution in [3.05, 3.63) is 89.8 Å². The molecule has 1 unspecified atom stereocenters. The van der Waals surface area contributed by atoms with Crippen molar-refractivity contribution in [2.45, 2.75) is 39.2 Å². The highest BCUT2D eigenvalue weighted by Gasteiger charge is 2.14. The number of aryl methyl sites for hydroxylation is 1. The minimum atomic E-state index is -0.810. The molecule has 0 radical (unpaired) electrons. The van der Waals surface area contributed by atoms with E-state index in [-0.39, 0.29) is 24.8 Å². The highest BCUT2D eigenvalue weighted by atomic mass is 16.5. The topological polar surface area (TPSA) is 120 Å². The molecule has 9 nitrogen and oxygen atoms in total. The Bertz CT molecular complexity index is 1250. The third-order valence-corrected chi connectivity index (χ3v) is 5.98. The first-order valence-electron chi connectivity index (χ1n) is 12.4. The highest BCUT2D eigenvalue weighted by molar-refractivity contribution is 6.01. The Morgan fingerprint density at radius 1 is 1.05 bits per heavy atom. The van der Waals surface area contributed by atoms with Crippen molar-refractivity contribution in [3.63, 3.8) is 0 Å².